The highest BCUT2D eigenvalue weighted by Gasteiger charge is 2.18. The lowest BCUT2D eigenvalue weighted by molar-refractivity contribution is 0.102. The summed E-state index contributed by atoms with van der Waals surface area (Å²) in [4.78, 5) is 13.1. The van der Waals surface area contributed by atoms with E-state index in [2.05, 4.69) is 28.6 Å². The van der Waals surface area contributed by atoms with Gasteiger partial charge < -0.3 is 5.32 Å². The predicted molar refractivity (Wildman–Crippen MR) is 136 cm³/mol. The Kier molecular flexibility index (Phi) is 5.63. The van der Waals surface area contributed by atoms with E-state index in [0.29, 0.717) is 21.4 Å². The number of aromatic nitrogens is 2. The quantitative estimate of drug-likeness (QED) is 0.293. The first-order valence-electron chi connectivity index (χ1n) is 10.4. The minimum atomic E-state index is -0.333. The molecule has 0 aliphatic rings. The maximum Gasteiger partial charge on any atom is 0.276 e. The predicted octanol–water partition coefficient (Wildman–Crippen LogP) is 7.56. The van der Waals surface area contributed by atoms with E-state index in [1.807, 2.05) is 66.2 Å². The molecule has 5 aromatic rings. The van der Waals surface area contributed by atoms with Crippen LogP contribution < -0.4 is 5.32 Å². The second kappa shape index (κ2) is 8.74. The molecule has 0 atom stereocenters. The lowest BCUT2D eigenvalue weighted by atomic mass is 10.0. The number of aryl methyl sites for hydroxylation is 1. The molecule has 6 heteroatoms. The third kappa shape index (κ3) is 4.23. The summed E-state index contributed by atoms with van der Waals surface area (Å²) in [6.45, 7) is 2.04. The summed E-state index contributed by atoms with van der Waals surface area (Å²) in [6.07, 6.45) is 0. The third-order valence-corrected chi connectivity index (χ3v) is 6.20. The number of benzene rings is 4. The van der Waals surface area contributed by atoms with Crippen LogP contribution in [0.3, 0.4) is 0 Å². The molecule has 0 saturated carbocycles. The van der Waals surface area contributed by atoms with Crippen molar-refractivity contribution in [2.24, 2.45) is 0 Å². The summed E-state index contributed by atoms with van der Waals surface area (Å²) in [6, 6.07) is 29.1. The number of rotatable bonds is 4. The number of carbonyl (C=O) groups is 1. The van der Waals surface area contributed by atoms with Crippen molar-refractivity contribution in [2.45, 2.75) is 6.92 Å². The van der Waals surface area contributed by atoms with Crippen molar-refractivity contribution < 1.29 is 4.79 Å². The van der Waals surface area contributed by atoms with Crippen molar-refractivity contribution in [3.63, 3.8) is 0 Å². The fourth-order valence-electron chi connectivity index (χ4n) is 3.78. The van der Waals surface area contributed by atoms with Crippen LogP contribution in [0.1, 0.15) is 16.1 Å². The van der Waals surface area contributed by atoms with Crippen LogP contribution in [-0.2, 0) is 0 Å². The molecule has 0 spiro atoms. The second-order valence-corrected chi connectivity index (χ2v) is 8.59. The van der Waals surface area contributed by atoms with Crippen molar-refractivity contribution in [1.29, 1.82) is 0 Å². The number of halogens is 2. The molecular weight excluding hydrogens is 453 g/mol. The molecule has 0 aliphatic heterocycles. The van der Waals surface area contributed by atoms with E-state index < -0.39 is 0 Å². The molecule has 1 aromatic heterocycles. The zero-order valence-electron chi connectivity index (χ0n) is 17.7. The van der Waals surface area contributed by atoms with E-state index in [1.54, 1.807) is 18.2 Å². The molecule has 1 N–H and O–H groups in total. The number of nitrogens with zero attached hydrogens (tertiary/aromatic N) is 2. The molecule has 0 fully saturated rings. The van der Waals surface area contributed by atoms with Crippen molar-refractivity contribution in [2.75, 3.05) is 5.32 Å². The highest BCUT2D eigenvalue weighted by atomic mass is 35.5. The Labute approximate surface area is 201 Å². The van der Waals surface area contributed by atoms with Crippen LogP contribution in [0.25, 0.3) is 27.7 Å². The Morgan fingerprint density at radius 3 is 2.39 bits per heavy atom. The maximum atomic E-state index is 13.1. The molecule has 0 radical (unpaired) electrons. The third-order valence-electron chi connectivity index (χ3n) is 5.46. The average Bonchev–Trinajstić information content (AvgIpc) is 3.27. The maximum absolute atomic E-state index is 13.1. The molecule has 4 nitrogen and oxygen atoms in total. The van der Waals surface area contributed by atoms with Crippen molar-refractivity contribution in [3.8, 4) is 16.9 Å². The average molecular weight is 472 g/mol. The van der Waals surface area contributed by atoms with Crippen LogP contribution in [0.4, 0.5) is 5.69 Å². The number of fused-ring (bicyclic) bond motifs is 1. The van der Waals surface area contributed by atoms with Crippen LogP contribution in [0.5, 0.6) is 0 Å². The first-order valence-corrected chi connectivity index (χ1v) is 11.2. The van der Waals surface area contributed by atoms with Gasteiger partial charge in [-0.1, -0.05) is 83.4 Å². The van der Waals surface area contributed by atoms with Gasteiger partial charge in [0.05, 0.1) is 21.4 Å². The molecular formula is C27H19Cl2N3O. The van der Waals surface area contributed by atoms with Gasteiger partial charge in [-0.25, -0.2) is 4.68 Å². The van der Waals surface area contributed by atoms with Crippen LogP contribution in [0.15, 0.2) is 91.0 Å². The Morgan fingerprint density at radius 1 is 0.848 bits per heavy atom. The summed E-state index contributed by atoms with van der Waals surface area (Å²) >= 11 is 12.1. The molecule has 0 bridgehead atoms. The minimum absolute atomic E-state index is 0.296. The molecule has 4 aromatic carbocycles. The fraction of sp³-hybridized carbons (Fsp3) is 0.0370. The Hall–Kier alpha value is -3.60. The van der Waals surface area contributed by atoms with Gasteiger partial charge in [0.2, 0.25) is 0 Å². The van der Waals surface area contributed by atoms with Crippen LogP contribution >= 0.6 is 23.2 Å². The van der Waals surface area contributed by atoms with Crippen molar-refractivity contribution >= 4 is 45.6 Å². The standard InChI is InChI=1S/C27H19Cl2N3O/c1-17-9-12-20(13-10-17)32-26(22-8-4-6-18-5-2-3-7-21(18)22)16-25(31-32)27(33)30-19-11-14-23(28)24(29)15-19/h2-16H,1H3,(H,30,33). The van der Waals surface area contributed by atoms with E-state index in [9.17, 15) is 4.79 Å². The summed E-state index contributed by atoms with van der Waals surface area (Å²) in [5.74, 6) is -0.333. The van der Waals surface area contributed by atoms with Crippen LogP contribution in [-0.4, -0.2) is 15.7 Å². The Morgan fingerprint density at radius 2 is 1.61 bits per heavy atom. The molecule has 162 valence electrons. The van der Waals surface area contributed by atoms with Gasteiger partial charge in [-0.2, -0.15) is 5.10 Å². The number of hydrogen-bond acceptors (Lipinski definition) is 2. The lowest BCUT2D eigenvalue weighted by Gasteiger charge is -2.10. The van der Waals surface area contributed by atoms with E-state index in [0.717, 1.165) is 33.3 Å². The van der Waals surface area contributed by atoms with Gasteiger partial charge in [0.15, 0.2) is 5.69 Å². The topological polar surface area (TPSA) is 46.9 Å². The van der Waals surface area contributed by atoms with E-state index in [-0.39, 0.29) is 5.91 Å². The highest BCUT2D eigenvalue weighted by Crippen LogP contribution is 2.31. The monoisotopic (exact) mass is 471 g/mol. The number of carbonyl (C=O) groups excluding carboxylic acids is 1. The smallest absolute Gasteiger partial charge is 0.276 e. The van der Waals surface area contributed by atoms with Gasteiger partial charge >= 0.3 is 0 Å². The van der Waals surface area contributed by atoms with Gasteiger partial charge in [-0.3, -0.25) is 4.79 Å². The normalized spacial score (nSPS) is 11.0. The molecule has 0 saturated heterocycles. The summed E-state index contributed by atoms with van der Waals surface area (Å²) in [7, 11) is 0. The summed E-state index contributed by atoms with van der Waals surface area (Å²) in [5.41, 5.74) is 4.69. The van der Waals surface area contributed by atoms with Crippen LogP contribution in [0, 0.1) is 6.92 Å². The van der Waals surface area contributed by atoms with Gasteiger partial charge in [0, 0.05) is 11.3 Å². The van der Waals surface area contributed by atoms with E-state index >= 15 is 0 Å². The SMILES string of the molecule is Cc1ccc(-n2nc(C(=O)Nc3ccc(Cl)c(Cl)c3)cc2-c2cccc3ccccc23)cc1. The summed E-state index contributed by atoms with van der Waals surface area (Å²) in [5, 5.41) is 10.5. The fourth-order valence-corrected chi connectivity index (χ4v) is 4.08. The zero-order chi connectivity index (χ0) is 22.9. The Balaban J connectivity index is 1.62. The van der Waals surface area contributed by atoms with Crippen molar-refractivity contribution in [1.82, 2.24) is 9.78 Å². The number of anilines is 1. The zero-order valence-corrected chi connectivity index (χ0v) is 19.2. The van der Waals surface area contributed by atoms with Gasteiger partial charge in [-0.05, 0) is 54.1 Å². The second-order valence-electron chi connectivity index (χ2n) is 7.77. The number of hydrogen-bond donors (Lipinski definition) is 1. The van der Waals surface area contributed by atoms with Gasteiger partial charge in [0.25, 0.3) is 5.91 Å². The number of amides is 1. The number of nitrogens with one attached hydrogen (secondary N) is 1. The summed E-state index contributed by atoms with van der Waals surface area (Å²) < 4.78 is 1.81. The molecule has 1 heterocycles. The van der Waals surface area contributed by atoms with E-state index in [1.165, 1.54) is 0 Å². The minimum Gasteiger partial charge on any atom is -0.321 e. The largest absolute Gasteiger partial charge is 0.321 e. The first-order chi connectivity index (χ1) is 16.0. The highest BCUT2D eigenvalue weighted by molar-refractivity contribution is 6.42. The van der Waals surface area contributed by atoms with E-state index in [4.69, 9.17) is 23.2 Å². The Bertz CT molecular complexity index is 1480. The lowest BCUT2D eigenvalue weighted by Crippen LogP contribution is -2.13. The molecule has 1 amide bonds. The van der Waals surface area contributed by atoms with Gasteiger partial charge in [0.1, 0.15) is 0 Å². The molecule has 0 unspecified atom stereocenters. The van der Waals surface area contributed by atoms with Gasteiger partial charge in [-0.15, -0.1) is 0 Å². The molecule has 0 aliphatic carbocycles. The molecule has 5 rings (SSSR count). The van der Waals surface area contributed by atoms with Crippen LogP contribution in [0.2, 0.25) is 10.0 Å². The van der Waals surface area contributed by atoms with Crippen molar-refractivity contribution in [3.05, 3.63) is 112 Å². The molecule has 33 heavy (non-hydrogen) atoms. The first kappa shape index (κ1) is 21.3.